The van der Waals surface area contributed by atoms with Gasteiger partial charge in [0, 0.05) is 25.5 Å². The number of benzene rings is 2. The van der Waals surface area contributed by atoms with E-state index < -0.39 is 10.1 Å². The molecule has 0 atom stereocenters. The summed E-state index contributed by atoms with van der Waals surface area (Å²) in [6.45, 7) is 6.03. The second-order valence-electron chi connectivity index (χ2n) is 6.18. The molecule has 6 heteroatoms. The first-order valence-electron chi connectivity index (χ1n) is 8.15. The van der Waals surface area contributed by atoms with Crippen LogP contribution in [0.4, 0.5) is 11.4 Å². The van der Waals surface area contributed by atoms with Crippen LogP contribution in [-0.4, -0.2) is 32.8 Å². The predicted molar refractivity (Wildman–Crippen MR) is 107 cm³/mol. The van der Waals surface area contributed by atoms with Crippen LogP contribution < -0.4 is 10.6 Å². The van der Waals surface area contributed by atoms with Crippen LogP contribution in [-0.2, 0) is 10.1 Å². The second kappa shape index (κ2) is 8.87. The highest BCUT2D eigenvalue weighted by molar-refractivity contribution is 7.85. The van der Waals surface area contributed by atoms with Crippen molar-refractivity contribution in [3.8, 4) is 11.1 Å². The molecule has 138 valence electrons. The summed E-state index contributed by atoms with van der Waals surface area (Å²) in [7, 11) is 0.474. The van der Waals surface area contributed by atoms with Crippen molar-refractivity contribution in [2.45, 2.75) is 27.2 Å². The minimum Gasteiger partial charge on any atom is -0.399 e. The average Bonchev–Trinajstić information content (AvgIpc) is 2.50. The monoisotopic (exact) mass is 364 g/mol. The van der Waals surface area contributed by atoms with Crippen molar-refractivity contribution >= 4 is 21.5 Å². The Morgan fingerprint density at radius 2 is 1.56 bits per heavy atom. The zero-order valence-corrected chi connectivity index (χ0v) is 16.4. The van der Waals surface area contributed by atoms with Gasteiger partial charge in [-0.25, -0.2) is 0 Å². The molecule has 3 N–H and O–H groups in total. The molecule has 0 radical (unpaired) electrons. The molecule has 0 unspecified atom stereocenters. The topological polar surface area (TPSA) is 83.6 Å². The van der Waals surface area contributed by atoms with Crippen LogP contribution in [0.2, 0.25) is 0 Å². The van der Waals surface area contributed by atoms with E-state index in [2.05, 4.69) is 57.1 Å². The number of nitrogen functional groups attached to an aromatic ring is 1. The molecule has 0 heterocycles. The molecule has 2 aromatic carbocycles. The van der Waals surface area contributed by atoms with Gasteiger partial charge in [-0.05, 0) is 60.7 Å². The molecule has 25 heavy (non-hydrogen) atoms. The van der Waals surface area contributed by atoms with E-state index in [4.69, 9.17) is 10.3 Å². The summed E-state index contributed by atoms with van der Waals surface area (Å²) in [6.07, 6.45) is 0.471. The molecule has 2 aromatic rings. The third kappa shape index (κ3) is 6.40. The standard InChI is InChI=1S/C16H20N2.C3H8O3S/c1-11-12(2)16(18(3)4)10-9-15(11)13-5-7-14(17)8-6-13;1-2-3-7(4,5)6/h5-10H,17H2,1-4H3;2-3H2,1H3,(H,4,5,6). The number of nitrogens with zero attached hydrogens (tertiary/aromatic N) is 1. The third-order valence-electron chi connectivity index (χ3n) is 3.92. The van der Waals surface area contributed by atoms with E-state index in [0.717, 1.165) is 5.69 Å². The van der Waals surface area contributed by atoms with Gasteiger partial charge in [0.1, 0.15) is 0 Å². The average molecular weight is 365 g/mol. The SMILES string of the molecule is CCCS(=O)(=O)O.Cc1c(-c2ccc(N)cc2)ccc(N(C)C)c1C. The Morgan fingerprint density at radius 3 is 1.96 bits per heavy atom. The summed E-state index contributed by atoms with van der Waals surface area (Å²) < 4.78 is 27.6. The molecule has 0 saturated carbocycles. The molecule has 0 aliphatic heterocycles. The van der Waals surface area contributed by atoms with Gasteiger partial charge >= 0.3 is 0 Å². The van der Waals surface area contributed by atoms with Crippen molar-refractivity contribution in [2.75, 3.05) is 30.5 Å². The molecular weight excluding hydrogens is 336 g/mol. The fourth-order valence-corrected chi connectivity index (χ4v) is 3.04. The maximum Gasteiger partial charge on any atom is 0.264 e. The summed E-state index contributed by atoms with van der Waals surface area (Å²) in [5, 5.41) is 0. The molecule has 0 bridgehead atoms. The van der Waals surface area contributed by atoms with Gasteiger partial charge in [0.15, 0.2) is 0 Å². The van der Waals surface area contributed by atoms with Gasteiger partial charge in [0.05, 0.1) is 5.75 Å². The molecule has 5 nitrogen and oxygen atoms in total. The van der Waals surface area contributed by atoms with E-state index in [0.29, 0.717) is 6.42 Å². The number of hydrogen-bond acceptors (Lipinski definition) is 4. The molecule has 2 rings (SSSR count). The lowest BCUT2D eigenvalue weighted by Crippen LogP contribution is -2.11. The van der Waals surface area contributed by atoms with Gasteiger partial charge in [0.25, 0.3) is 10.1 Å². The van der Waals surface area contributed by atoms with Gasteiger partial charge in [-0.2, -0.15) is 8.42 Å². The summed E-state index contributed by atoms with van der Waals surface area (Å²) in [5.74, 6) is -0.132. The van der Waals surface area contributed by atoms with E-state index in [1.54, 1.807) is 6.92 Å². The lowest BCUT2D eigenvalue weighted by atomic mass is 9.95. The Bertz CT molecular complexity index is 798. The molecule has 0 aliphatic carbocycles. The van der Waals surface area contributed by atoms with E-state index in [1.165, 1.54) is 27.9 Å². The fraction of sp³-hybridized carbons (Fsp3) is 0.368. The normalized spacial score (nSPS) is 10.8. The van der Waals surface area contributed by atoms with Crippen LogP contribution in [0.3, 0.4) is 0 Å². The molecule has 0 amide bonds. The highest BCUT2D eigenvalue weighted by Crippen LogP contribution is 2.31. The Labute approximate surface area is 151 Å². The van der Waals surface area contributed by atoms with Crippen LogP contribution in [0, 0.1) is 13.8 Å². The van der Waals surface area contributed by atoms with E-state index in [9.17, 15) is 8.42 Å². The summed E-state index contributed by atoms with van der Waals surface area (Å²) in [5.41, 5.74) is 13.0. The van der Waals surface area contributed by atoms with Crippen LogP contribution in [0.25, 0.3) is 11.1 Å². The highest BCUT2D eigenvalue weighted by atomic mass is 32.2. The zero-order valence-electron chi connectivity index (χ0n) is 15.6. The molecule has 0 saturated heterocycles. The maximum atomic E-state index is 9.79. The number of hydrogen-bond donors (Lipinski definition) is 2. The first-order chi connectivity index (χ1) is 11.6. The lowest BCUT2D eigenvalue weighted by Gasteiger charge is -2.19. The van der Waals surface area contributed by atoms with Crippen molar-refractivity contribution in [3.63, 3.8) is 0 Å². The minimum atomic E-state index is -3.67. The quantitative estimate of drug-likeness (QED) is 0.635. The summed E-state index contributed by atoms with van der Waals surface area (Å²) in [4.78, 5) is 2.15. The number of anilines is 2. The Hall–Kier alpha value is -2.05. The van der Waals surface area contributed by atoms with Gasteiger partial charge in [-0.15, -0.1) is 0 Å². The zero-order chi connectivity index (χ0) is 19.2. The molecule has 0 fully saturated rings. The van der Waals surface area contributed by atoms with Crippen LogP contribution in [0.1, 0.15) is 24.5 Å². The second-order valence-corrected chi connectivity index (χ2v) is 7.76. The van der Waals surface area contributed by atoms with Crippen molar-refractivity contribution in [2.24, 2.45) is 0 Å². The molecule has 0 spiro atoms. The van der Waals surface area contributed by atoms with Crippen LogP contribution >= 0.6 is 0 Å². The number of rotatable bonds is 4. The smallest absolute Gasteiger partial charge is 0.264 e. The Balaban J connectivity index is 0.000000381. The minimum absolute atomic E-state index is 0.132. The van der Waals surface area contributed by atoms with Crippen LogP contribution in [0.5, 0.6) is 0 Å². The third-order valence-corrected chi connectivity index (χ3v) is 4.85. The van der Waals surface area contributed by atoms with Gasteiger partial charge in [0.2, 0.25) is 0 Å². The molecule has 0 aliphatic rings. The maximum absolute atomic E-state index is 9.79. The van der Waals surface area contributed by atoms with Crippen molar-refractivity contribution in [3.05, 3.63) is 47.5 Å². The largest absolute Gasteiger partial charge is 0.399 e. The lowest BCUT2D eigenvalue weighted by molar-refractivity contribution is 0.482. The molecule has 0 aromatic heterocycles. The number of nitrogens with two attached hydrogens (primary N) is 1. The van der Waals surface area contributed by atoms with Crippen molar-refractivity contribution in [1.82, 2.24) is 0 Å². The van der Waals surface area contributed by atoms with Gasteiger partial charge in [-0.1, -0.05) is 25.1 Å². The Morgan fingerprint density at radius 1 is 1.00 bits per heavy atom. The first-order valence-corrected chi connectivity index (χ1v) is 9.76. The molecular formula is C19H28N2O3S. The summed E-state index contributed by atoms with van der Waals surface area (Å²) in [6, 6.07) is 12.4. The van der Waals surface area contributed by atoms with Gasteiger partial charge in [-0.3, -0.25) is 4.55 Å². The van der Waals surface area contributed by atoms with E-state index in [-0.39, 0.29) is 5.75 Å². The highest BCUT2D eigenvalue weighted by Gasteiger charge is 2.09. The van der Waals surface area contributed by atoms with Crippen LogP contribution in [0.15, 0.2) is 36.4 Å². The first kappa shape index (κ1) is 21.0. The predicted octanol–water partition coefficient (Wildman–Crippen LogP) is 3.90. The summed E-state index contributed by atoms with van der Waals surface area (Å²) >= 11 is 0. The fourth-order valence-electron chi connectivity index (χ4n) is 2.52. The van der Waals surface area contributed by atoms with E-state index in [1.807, 2.05) is 12.1 Å². The van der Waals surface area contributed by atoms with Crippen molar-refractivity contribution < 1.29 is 13.0 Å². The van der Waals surface area contributed by atoms with Gasteiger partial charge < -0.3 is 10.6 Å². The van der Waals surface area contributed by atoms with E-state index >= 15 is 0 Å². The van der Waals surface area contributed by atoms with Crippen molar-refractivity contribution in [1.29, 1.82) is 0 Å². The Kier molecular flexibility index (Phi) is 7.45.